The lowest BCUT2D eigenvalue weighted by Gasteiger charge is -2.37. The van der Waals surface area contributed by atoms with Gasteiger partial charge in [-0.3, -0.25) is 24.0 Å². The van der Waals surface area contributed by atoms with Crippen molar-refractivity contribution in [1.82, 2.24) is 30.8 Å². The number of aromatic nitrogens is 2. The van der Waals surface area contributed by atoms with Gasteiger partial charge in [0.25, 0.3) is 0 Å². The third-order valence-corrected chi connectivity index (χ3v) is 8.70. The smallest absolute Gasteiger partial charge is 0.408 e. The number of amides is 4. The molecule has 0 fully saturated rings. The zero-order valence-electron chi connectivity index (χ0n) is 31.9. The van der Waals surface area contributed by atoms with Crippen molar-refractivity contribution >= 4 is 35.8 Å². The third kappa shape index (κ3) is 11.0. The second-order valence-corrected chi connectivity index (χ2v) is 14.7. The van der Waals surface area contributed by atoms with E-state index >= 15 is 0 Å². The summed E-state index contributed by atoms with van der Waals surface area (Å²) < 4.78 is 7.42. The molecule has 0 saturated carbocycles. The number of benzene rings is 3. The summed E-state index contributed by atoms with van der Waals surface area (Å²) in [6.45, 7) is 6.96. The maximum Gasteiger partial charge on any atom is 0.408 e. The van der Waals surface area contributed by atoms with Crippen molar-refractivity contribution in [3.8, 4) is 0 Å². The van der Waals surface area contributed by atoms with Crippen molar-refractivity contribution in [2.75, 3.05) is 6.54 Å². The summed E-state index contributed by atoms with van der Waals surface area (Å²) >= 11 is 0. The molecular formula is C41H48N6O9. The lowest BCUT2D eigenvalue weighted by molar-refractivity contribution is -0.140. The highest BCUT2D eigenvalue weighted by Gasteiger charge is 2.40. The minimum absolute atomic E-state index is 0.136. The van der Waals surface area contributed by atoms with Gasteiger partial charge in [-0.05, 0) is 57.7 Å². The van der Waals surface area contributed by atoms with Crippen LogP contribution in [0.2, 0.25) is 0 Å². The van der Waals surface area contributed by atoms with Crippen molar-refractivity contribution in [3.05, 3.63) is 126 Å². The molecule has 0 radical (unpaired) electrons. The molecule has 6 N–H and O–H groups in total. The number of nitrogens with one attached hydrogen (secondary N) is 4. The third-order valence-electron chi connectivity index (χ3n) is 8.70. The first kappa shape index (κ1) is 42.2. The van der Waals surface area contributed by atoms with Gasteiger partial charge in [0.15, 0.2) is 0 Å². The molecule has 4 amide bonds. The Balaban J connectivity index is 1.68. The molecule has 4 aromatic rings. The van der Waals surface area contributed by atoms with E-state index in [0.29, 0.717) is 5.69 Å². The maximum atomic E-state index is 14.0. The molecule has 15 heteroatoms. The molecule has 56 heavy (non-hydrogen) atoms. The van der Waals surface area contributed by atoms with Crippen LogP contribution in [-0.2, 0) is 40.7 Å². The molecule has 0 spiro atoms. The number of alkyl carbamates (subject to hydrolysis) is 1. The van der Waals surface area contributed by atoms with Gasteiger partial charge in [-0.15, -0.1) is 0 Å². The van der Waals surface area contributed by atoms with Crippen LogP contribution in [0.4, 0.5) is 4.79 Å². The number of imidazole rings is 1. The summed E-state index contributed by atoms with van der Waals surface area (Å²) in [6, 6.07) is 26.9. The Morgan fingerprint density at radius 2 is 1.23 bits per heavy atom. The molecule has 0 bridgehead atoms. The molecule has 0 aliphatic heterocycles. The Labute approximate surface area is 324 Å². The van der Waals surface area contributed by atoms with Crippen molar-refractivity contribution in [3.63, 3.8) is 0 Å². The number of carboxylic acids is 2. The lowest BCUT2D eigenvalue weighted by atomic mass is 9.77. The molecule has 296 valence electrons. The normalized spacial score (nSPS) is 12.7. The molecule has 15 nitrogen and oxygen atoms in total. The lowest BCUT2D eigenvalue weighted by Crippen LogP contribution is -2.62. The van der Waals surface area contributed by atoms with E-state index in [1.807, 2.05) is 95.6 Å². The van der Waals surface area contributed by atoms with E-state index < -0.39 is 77.5 Å². The largest absolute Gasteiger partial charge is 0.481 e. The fraction of sp³-hybridized carbons (Fsp3) is 0.341. The van der Waals surface area contributed by atoms with Crippen molar-refractivity contribution in [1.29, 1.82) is 0 Å². The van der Waals surface area contributed by atoms with Crippen molar-refractivity contribution in [2.24, 2.45) is 0 Å². The zero-order valence-corrected chi connectivity index (χ0v) is 31.9. The number of carbonyl (C=O) groups is 6. The quantitative estimate of drug-likeness (QED) is 0.0858. The molecule has 0 aliphatic rings. The van der Waals surface area contributed by atoms with Crippen molar-refractivity contribution in [2.45, 2.75) is 82.6 Å². The molecule has 0 unspecified atom stereocenters. The minimum atomic E-state index is -1.72. The van der Waals surface area contributed by atoms with E-state index in [-0.39, 0.29) is 12.8 Å². The van der Waals surface area contributed by atoms with Gasteiger partial charge < -0.3 is 40.8 Å². The summed E-state index contributed by atoms with van der Waals surface area (Å²) in [5.41, 5.74) is -0.296. The summed E-state index contributed by atoms with van der Waals surface area (Å²) in [7, 11) is 0. The van der Waals surface area contributed by atoms with Crippen LogP contribution in [0.25, 0.3) is 0 Å². The number of nitrogens with zero attached hydrogens (tertiary/aromatic N) is 2. The Morgan fingerprint density at radius 3 is 1.70 bits per heavy atom. The Hall–Kier alpha value is -6.51. The average Bonchev–Trinajstić information content (AvgIpc) is 3.61. The van der Waals surface area contributed by atoms with Gasteiger partial charge in [0, 0.05) is 19.0 Å². The van der Waals surface area contributed by atoms with Crippen LogP contribution < -0.4 is 21.3 Å². The Bertz CT molecular complexity index is 1900. The highest BCUT2D eigenvalue weighted by atomic mass is 16.6. The van der Waals surface area contributed by atoms with Crippen LogP contribution in [0, 0.1) is 0 Å². The Kier molecular flexibility index (Phi) is 13.7. The molecule has 1 heterocycles. The van der Waals surface area contributed by atoms with E-state index in [9.17, 15) is 33.9 Å². The van der Waals surface area contributed by atoms with E-state index in [1.165, 1.54) is 13.8 Å². The fourth-order valence-electron chi connectivity index (χ4n) is 6.12. The van der Waals surface area contributed by atoms with Crippen molar-refractivity contribution < 1.29 is 43.7 Å². The molecule has 2 atom stereocenters. The second-order valence-electron chi connectivity index (χ2n) is 14.7. The summed E-state index contributed by atoms with van der Waals surface area (Å²) in [5, 5.41) is 27.9. The van der Waals surface area contributed by atoms with Crippen LogP contribution in [0.5, 0.6) is 0 Å². The minimum Gasteiger partial charge on any atom is -0.481 e. The highest BCUT2D eigenvalue weighted by Crippen LogP contribution is 2.40. The monoisotopic (exact) mass is 768 g/mol. The molecule has 3 aromatic carbocycles. The van der Waals surface area contributed by atoms with E-state index in [0.717, 1.165) is 16.7 Å². The molecule has 0 saturated heterocycles. The SMILES string of the molecule is CC(C)(C)OC(=O)N[C@@H](Cc1cn(C(c2ccccc2)(c2ccccc2)c2ccccc2)cn1)C(=O)NC(C)(C)C(=O)N[C@@H](CCC(=O)O)C(=O)NCC(=O)O. The second kappa shape index (κ2) is 18.2. The van der Waals surface area contributed by atoms with Crippen LogP contribution in [0.15, 0.2) is 104 Å². The predicted octanol–water partition coefficient (Wildman–Crippen LogP) is 3.60. The van der Waals surface area contributed by atoms with Gasteiger partial charge in [-0.1, -0.05) is 91.0 Å². The first-order chi connectivity index (χ1) is 26.4. The number of hydrogen-bond acceptors (Lipinski definition) is 8. The van der Waals surface area contributed by atoms with Crippen LogP contribution in [0.3, 0.4) is 0 Å². The first-order valence-corrected chi connectivity index (χ1v) is 18.0. The number of carboxylic acid groups (broad SMARTS) is 2. The van der Waals surface area contributed by atoms with Crippen LogP contribution in [-0.4, -0.2) is 85.3 Å². The molecule has 4 rings (SSSR count). The topological polar surface area (TPSA) is 218 Å². The summed E-state index contributed by atoms with van der Waals surface area (Å²) in [5.74, 6) is -5.15. The Morgan fingerprint density at radius 1 is 0.714 bits per heavy atom. The number of aliphatic carboxylic acids is 2. The van der Waals surface area contributed by atoms with E-state index in [1.54, 1.807) is 33.3 Å². The van der Waals surface area contributed by atoms with Gasteiger partial charge in [-0.2, -0.15) is 0 Å². The van der Waals surface area contributed by atoms with Crippen LogP contribution >= 0.6 is 0 Å². The van der Waals surface area contributed by atoms with E-state index in [2.05, 4.69) is 21.3 Å². The number of rotatable bonds is 17. The number of hydrogen-bond donors (Lipinski definition) is 6. The van der Waals surface area contributed by atoms with Gasteiger partial charge in [0.1, 0.15) is 35.3 Å². The summed E-state index contributed by atoms with van der Waals surface area (Å²) in [6.07, 6.45) is 1.57. The highest BCUT2D eigenvalue weighted by molar-refractivity contribution is 5.96. The molecule has 1 aromatic heterocycles. The van der Waals surface area contributed by atoms with Gasteiger partial charge in [0.05, 0.1) is 12.0 Å². The van der Waals surface area contributed by atoms with Gasteiger partial charge in [-0.25, -0.2) is 9.78 Å². The molecular weight excluding hydrogens is 720 g/mol. The molecule has 0 aliphatic carbocycles. The van der Waals surface area contributed by atoms with Crippen LogP contribution in [0.1, 0.15) is 69.8 Å². The maximum absolute atomic E-state index is 14.0. The fourth-order valence-corrected chi connectivity index (χ4v) is 6.12. The van der Waals surface area contributed by atoms with Gasteiger partial charge >= 0.3 is 18.0 Å². The first-order valence-electron chi connectivity index (χ1n) is 18.0. The average molecular weight is 769 g/mol. The predicted molar refractivity (Wildman–Crippen MR) is 205 cm³/mol. The van der Waals surface area contributed by atoms with Gasteiger partial charge in [0.2, 0.25) is 17.7 Å². The number of carbonyl (C=O) groups excluding carboxylic acids is 4. The summed E-state index contributed by atoms with van der Waals surface area (Å²) in [4.78, 5) is 80.3. The number of ether oxygens (including phenoxy) is 1. The zero-order chi connectivity index (χ0) is 41.1. The van der Waals surface area contributed by atoms with E-state index in [4.69, 9.17) is 14.8 Å². The standard InChI is InChI=1S/C41H48N6O9/c1-39(2,3)56-38(55)45-32(36(53)46-40(4,5)37(54)44-31(21-22-33(48)49)35(52)42-24-34(50)51)23-30-25-47(26-43-30)41(27-15-9-6-10-16-27,28-17-11-7-12-18-28)29-19-13-8-14-20-29/h6-20,25-26,31-32H,21-24H2,1-5H3,(H,42,52)(H,44,54)(H,45,55)(H,46,53)(H,48,49)(H,50,51)/t31-,32-/m0/s1.